The predicted octanol–water partition coefficient (Wildman–Crippen LogP) is 1.83. The Kier molecular flexibility index (Phi) is 4.46. The summed E-state index contributed by atoms with van der Waals surface area (Å²) in [4.78, 5) is 0. The van der Waals surface area contributed by atoms with Gasteiger partial charge >= 0.3 is 0 Å². The van der Waals surface area contributed by atoms with Crippen molar-refractivity contribution in [2.75, 3.05) is 6.61 Å². The van der Waals surface area contributed by atoms with Crippen LogP contribution in [0.25, 0.3) is 0 Å². The Morgan fingerprint density at radius 1 is 1.35 bits per heavy atom. The van der Waals surface area contributed by atoms with Crippen molar-refractivity contribution in [3.63, 3.8) is 0 Å². The number of benzene rings is 1. The molecular formula is C14H17F2N3O. The fraction of sp³-hybridized carbons (Fsp3) is 0.357. The molecular weight excluding hydrogens is 264 g/mol. The van der Waals surface area contributed by atoms with E-state index in [0.29, 0.717) is 5.56 Å². The summed E-state index contributed by atoms with van der Waals surface area (Å²) in [5.41, 5.74) is 1.12. The first-order valence-electron chi connectivity index (χ1n) is 6.30. The van der Waals surface area contributed by atoms with E-state index in [9.17, 15) is 13.9 Å². The molecule has 0 radical (unpaired) electrons. The maximum absolute atomic E-state index is 13.9. The summed E-state index contributed by atoms with van der Waals surface area (Å²) in [6, 6.07) is 3.96. The molecule has 6 heteroatoms. The summed E-state index contributed by atoms with van der Waals surface area (Å²) in [6.45, 7) is 1.40. The number of halogens is 2. The van der Waals surface area contributed by atoms with Crippen LogP contribution in [0.2, 0.25) is 0 Å². The van der Waals surface area contributed by atoms with Crippen molar-refractivity contribution in [2.24, 2.45) is 7.05 Å². The fourth-order valence-electron chi connectivity index (χ4n) is 2.09. The van der Waals surface area contributed by atoms with E-state index in [-0.39, 0.29) is 18.7 Å². The summed E-state index contributed by atoms with van der Waals surface area (Å²) in [7, 11) is 1.74. The lowest BCUT2D eigenvalue weighted by Gasteiger charge is -2.17. The fourth-order valence-corrected chi connectivity index (χ4v) is 2.09. The first-order valence-corrected chi connectivity index (χ1v) is 6.30. The molecule has 2 N–H and O–H groups in total. The molecule has 1 atom stereocenters. The molecule has 1 aromatic heterocycles. The van der Waals surface area contributed by atoms with Crippen LogP contribution in [0.5, 0.6) is 0 Å². The first kappa shape index (κ1) is 14.6. The van der Waals surface area contributed by atoms with Crippen molar-refractivity contribution in [3.05, 3.63) is 52.9 Å². The van der Waals surface area contributed by atoms with Gasteiger partial charge in [0.2, 0.25) is 0 Å². The molecule has 0 bridgehead atoms. The zero-order chi connectivity index (χ0) is 14.7. The lowest BCUT2D eigenvalue weighted by atomic mass is 10.1. The first-order chi connectivity index (χ1) is 9.54. The van der Waals surface area contributed by atoms with E-state index < -0.39 is 17.7 Å². The smallest absolute Gasteiger partial charge is 0.133 e. The van der Waals surface area contributed by atoms with Crippen molar-refractivity contribution >= 4 is 0 Å². The third-order valence-corrected chi connectivity index (χ3v) is 3.30. The van der Waals surface area contributed by atoms with Crippen LogP contribution in [-0.4, -0.2) is 21.5 Å². The minimum atomic E-state index is -0.595. The van der Waals surface area contributed by atoms with Crippen LogP contribution < -0.4 is 5.32 Å². The van der Waals surface area contributed by atoms with Gasteiger partial charge in [-0.1, -0.05) is 6.07 Å². The lowest BCUT2D eigenvalue weighted by Crippen LogP contribution is -2.27. The van der Waals surface area contributed by atoms with Crippen molar-refractivity contribution in [2.45, 2.75) is 19.5 Å². The van der Waals surface area contributed by atoms with Gasteiger partial charge in [0.25, 0.3) is 0 Å². The van der Waals surface area contributed by atoms with Crippen LogP contribution in [0.1, 0.15) is 22.9 Å². The quantitative estimate of drug-likeness (QED) is 0.879. The van der Waals surface area contributed by atoms with Gasteiger partial charge in [-0.15, -0.1) is 0 Å². The number of rotatable bonds is 5. The Labute approximate surface area is 116 Å². The number of aryl methyl sites for hydroxylation is 2. The second-order valence-electron chi connectivity index (χ2n) is 4.65. The number of nitrogens with one attached hydrogen (secondary N) is 1. The number of nitrogens with zero attached hydrogens (tertiary/aromatic N) is 2. The second-order valence-corrected chi connectivity index (χ2v) is 4.65. The monoisotopic (exact) mass is 281 g/mol. The normalized spacial score (nSPS) is 12.7. The van der Waals surface area contributed by atoms with Crippen molar-refractivity contribution in [3.8, 4) is 0 Å². The van der Waals surface area contributed by atoms with Gasteiger partial charge in [-0.3, -0.25) is 4.68 Å². The molecule has 0 saturated carbocycles. The van der Waals surface area contributed by atoms with Gasteiger partial charge < -0.3 is 10.4 Å². The number of aromatic nitrogens is 2. The van der Waals surface area contributed by atoms with Gasteiger partial charge in [0.1, 0.15) is 11.6 Å². The van der Waals surface area contributed by atoms with Crippen LogP contribution >= 0.6 is 0 Å². The maximum Gasteiger partial charge on any atom is 0.133 e. The van der Waals surface area contributed by atoms with Crippen LogP contribution in [-0.2, 0) is 13.6 Å². The van der Waals surface area contributed by atoms with E-state index in [0.717, 1.165) is 5.69 Å². The second kappa shape index (κ2) is 6.11. The summed E-state index contributed by atoms with van der Waals surface area (Å²) in [6.07, 6.45) is 1.60. The van der Waals surface area contributed by atoms with Crippen LogP contribution in [0.3, 0.4) is 0 Å². The van der Waals surface area contributed by atoms with E-state index in [1.807, 2.05) is 0 Å². The molecule has 0 fully saturated rings. The van der Waals surface area contributed by atoms with Crippen molar-refractivity contribution < 1.29 is 13.9 Å². The molecule has 20 heavy (non-hydrogen) atoms. The Balaban J connectivity index is 2.16. The summed E-state index contributed by atoms with van der Waals surface area (Å²) in [5, 5.41) is 16.4. The minimum absolute atomic E-state index is 0.00421. The topological polar surface area (TPSA) is 50.1 Å². The molecule has 2 rings (SSSR count). The Hall–Kier alpha value is -1.79. The van der Waals surface area contributed by atoms with Gasteiger partial charge in [-0.05, 0) is 24.6 Å². The number of aliphatic hydroxyl groups excluding tert-OH is 1. The zero-order valence-corrected chi connectivity index (χ0v) is 11.4. The number of hydrogen-bond donors (Lipinski definition) is 2. The standard InChI is InChI=1S/C14H17F2N3O/c1-9-3-4-11(15)10(14(9)16)7-17-12(8-20)13-5-6-18-19(13)2/h3-6,12,17,20H,7-8H2,1-2H3. The lowest BCUT2D eigenvalue weighted by molar-refractivity contribution is 0.237. The third kappa shape index (κ3) is 2.86. The van der Waals surface area contributed by atoms with E-state index in [2.05, 4.69) is 10.4 Å². The molecule has 0 spiro atoms. The summed E-state index contributed by atoms with van der Waals surface area (Å²) in [5.74, 6) is -1.15. The predicted molar refractivity (Wildman–Crippen MR) is 71.0 cm³/mol. The highest BCUT2D eigenvalue weighted by atomic mass is 19.1. The van der Waals surface area contributed by atoms with Gasteiger partial charge in [-0.2, -0.15) is 5.10 Å². The van der Waals surface area contributed by atoms with E-state index in [1.54, 1.807) is 30.9 Å². The van der Waals surface area contributed by atoms with Gasteiger partial charge in [-0.25, -0.2) is 8.78 Å². The van der Waals surface area contributed by atoms with Crippen LogP contribution in [0.4, 0.5) is 8.78 Å². The molecule has 0 aliphatic heterocycles. The van der Waals surface area contributed by atoms with E-state index >= 15 is 0 Å². The van der Waals surface area contributed by atoms with Crippen molar-refractivity contribution in [1.82, 2.24) is 15.1 Å². The van der Waals surface area contributed by atoms with Crippen LogP contribution in [0.15, 0.2) is 24.4 Å². The van der Waals surface area contributed by atoms with Crippen LogP contribution in [0, 0.1) is 18.6 Å². The SMILES string of the molecule is Cc1ccc(F)c(CNC(CO)c2ccnn2C)c1F. The molecule has 1 heterocycles. The molecule has 1 aromatic carbocycles. The highest BCUT2D eigenvalue weighted by Crippen LogP contribution is 2.18. The van der Waals surface area contributed by atoms with Gasteiger partial charge in [0.05, 0.1) is 18.3 Å². The highest BCUT2D eigenvalue weighted by molar-refractivity contribution is 5.26. The summed E-state index contributed by atoms with van der Waals surface area (Å²) < 4.78 is 29.1. The van der Waals surface area contributed by atoms with Gasteiger partial charge in [0.15, 0.2) is 0 Å². The highest BCUT2D eigenvalue weighted by Gasteiger charge is 2.16. The van der Waals surface area contributed by atoms with Gasteiger partial charge in [0, 0.05) is 25.4 Å². The van der Waals surface area contributed by atoms with Crippen molar-refractivity contribution in [1.29, 1.82) is 0 Å². The Bertz CT molecular complexity index is 598. The molecule has 0 aliphatic carbocycles. The third-order valence-electron chi connectivity index (χ3n) is 3.30. The number of hydrogen-bond acceptors (Lipinski definition) is 3. The molecule has 2 aromatic rings. The maximum atomic E-state index is 13.9. The Morgan fingerprint density at radius 2 is 2.10 bits per heavy atom. The molecule has 4 nitrogen and oxygen atoms in total. The Morgan fingerprint density at radius 3 is 2.70 bits per heavy atom. The molecule has 0 aliphatic rings. The molecule has 0 amide bonds. The average molecular weight is 281 g/mol. The zero-order valence-electron chi connectivity index (χ0n) is 11.4. The minimum Gasteiger partial charge on any atom is -0.394 e. The number of aliphatic hydroxyl groups is 1. The molecule has 108 valence electrons. The molecule has 0 saturated heterocycles. The van der Waals surface area contributed by atoms with E-state index in [1.165, 1.54) is 12.1 Å². The largest absolute Gasteiger partial charge is 0.394 e. The van der Waals surface area contributed by atoms with E-state index in [4.69, 9.17) is 0 Å². The molecule has 1 unspecified atom stereocenters. The summed E-state index contributed by atoms with van der Waals surface area (Å²) >= 11 is 0. The average Bonchev–Trinajstić information content (AvgIpc) is 2.85.